The van der Waals surface area contributed by atoms with Crippen LogP contribution in [0, 0.1) is 13.8 Å². The Bertz CT molecular complexity index is 1270. The molecule has 4 aromatic rings. The van der Waals surface area contributed by atoms with E-state index in [-0.39, 0.29) is 0 Å². The van der Waals surface area contributed by atoms with Crippen molar-refractivity contribution in [3.8, 4) is 11.1 Å². The van der Waals surface area contributed by atoms with Crippen LogP contribution in [0.2, 0.25) is 0 Å². The van der Waals surface area contributed by atoms with E-state index in [0.29, 0.717) is 0 Å². The Balaban J connectivity index is 2.02. The highest BCUT2D eigenvalue weighted by molar-refractivity contribution is 5.87. The number of anilines is 2. The van der Waals surface area contributed by atoms with E-state index >= 15 is 0 Å². The van der Waals surface area contributed by atoms with Crippen molar-refractivity contribution in [2.24, 2.45) is 0 Å². The molecule has 1 aliphatic rings. The van der Waals surface area contributed by atoms with Crippen LogP contribution in [0.15, 0.2) is 72.8 Å². The molecule has 0 aromatic heterocycles. The average molecular weight is 433 g/mol. The molecule has 0 fully saturated rings. The first kappa shape index (κ1) is 21.3. The molecular formula is C31H32N2. The van der Waals surface area contributed by atoms with Gasteiger partial charge in [0.1, 0.15) is 0 Å². The molecule has 166 valence electrons. The minimum Gasteiger partial charge on any atom is -0.398 e. The van der Waals surface area contributed by atoms with Crippen molar-refractivity contribution in [3.05, 3.63) is 117 Å². The SMILES string of the molecule is CCc1c(N)ccc(C2(c3ccc(N)c(CC)c3C)c3ccccc3-c3ccccc32)c1C. The van der Waals surface area contributed by atoms with Gasteiger partial charge >= 0.3 is 0 Å². The van der Waals surface area contributed by atoms with E-state index < -0.39 is 5.41 Å². The summed E-state index contributed by atoms with van der Waals surface area (Å²) in [5.74, 6) is 0. The Hall–Kier alpha value is -3.52. The van der Waals surface area contributed by atoms with Crippen LogP contribution in [-0.2, 0) is 18.3 Å². The lowest BCUT2D eigenvalue weighted by atomic mass is 9.64. The first-order chi connectivity index (χ1) is 16.0. The van der Waals surface area contributed by atoms with Crippen molar-refractivity contribution in [2.75, 3.05) is 11.5 Å². The van der Waals surface area contributed by atoms with Crippen molar-refractivity contribution < 1.29 is 0 Å². The summed E-state index contributed by atoms with van der Waals surface area (Å²) >= 11 is 0. The quantitative estimate of drug-likeness (QED) is 0.302. The fourth-order valence-electron chi connectivity index (χ4n) is 6.27. The summed E-state index contributed by atoms with van der Waals surface area (Å²) in [6.45, 7) is 8.86. The summed E-state index contributed by atoms with van der Waals surface area (Å²) in [4.78, 5) is 0. The maximum atomic E-state index is 6.45. The van der Waals surface area contributed by atoms with Gasteiger partial charge in [0.05, 0.1) is 5.41 Å². The van der Waals surface area contributed by atoms with E-state index in [9.17, 15) is 0 Å². The summed E-state index contributed by atoms with van der Waals surface area (Å²) in [5.41, 5.74) is 27.1. The third kappa shape index (κ3) is 2.80. The molecule has 33 heavy (non-hydrogen) atoms. The van der Waals surface area contributed by atoms with Gasteiger partial charge in [-0.25, -0.2) is 0 Å². The second-order valence-electron chi connectivity index (χ2n) is 9.16. The first-order valence-corrected chi connectivity index (χ1v) is 11.9. The molecule has 2 heteroatoms. The number of nitrogen functional groups attached to an aromatic ring is 2. The van der Waals surface area contributed by atoms with Crippen LogP contribution in [0.5, 0.6) is 0 Å². The van der Waals surface area contributed by atoms with Crippen LogP contribution < -0.4 is 11.5 Å². The van der Waals surface area contributed by atoms with Gasteiger partial charge in [0.25, 0.3) is 0 Å². The van der Waals surface area contributed by atoms with Crippen molar-refractivity contribution in [2.45, 2.75) is 46.0 Å². The van der Waals surface area contributed by atoms with Gasteiger partial charge in [0.2, 0.25) is 0 Å². The molecule has 0 atom stereocenters. The summed E-state index contributed by atoms with van der Waals surface area (Å²) in [6, 6.07) is 26.5. The molecule has 0 aliphatic heterocycles. The zero-order valence-electron chi connectivity index (χ0n) is 20.0. The molecule has 4 aromatic carbocycles. The standard InChI is InChI=1S/C31H32N2/c1-5-21-19(3)25(15-17-29(21)32)31(26-16-18-30(33)22(6-2)20(26)4)27-13-9-7-11-23(27)24-12-8-10-14-28(24)31/h7-18H,5-6,32-33H2,1-4H3. The summed E-state index contributed by atoms with van der Waals surface area (Å²) in [5, 5.41) is 0. The van der Waals surface area contributed by atoms with Gasteiger partial charge in [0, 0.05) is 11.4 Å². The van der Waals surface area contributed by atoms with Crippen molar-refractivity contribution in [3.63, 3.8) is 0 Å². The van der Waals surface area contributed by atoms with Gasteiger partial charge in [-0.1, -0.05) is 74.5 Å². The van der Waals surface area contributed by atoms with Gasteiger partial charge in [-0.15, -0.1) is 0 Å². The lowest BCUT2D eigenvalue weighted by Crippen LogP contribution is -2.31. The normalized spacial score (nSPS) is 13.6. The molecule has 0 spiro atoms. The van der Waals surface area contributed by atoms with Crippen molar-refractivity contribution in [1.29, 1.82) is 0 Å². The van der Waals surface area contributed by atoms with Gasteiger partial charge in [0.15, 0.2) is 0 Å². The van der Waals surface area contributed by atoms with Crippen LogP contribution in [0.3, 0.4) is 0 Å². The third-order valence-corrected chi connectivity index (χ3v) is 7.74. The maximum absolute atomic E-state index is 6.45. The van der Waals surface area contributed by atoms with Gasteiger partial charge < -0.3 is 11.5 Å². The zero-order chi connectivity index (χ0) is 23.3. The van der Waals surface area contributed by atoms with Gasteiger partial charge in [-0.05, 0) is 94.5 Å². The van der Waals surface area contributed by atoms with Crippen LogP contribution in [0.4, 0.5) is 11.4 Å². The van der Waals surface area contributed by atoms with Crippen LogP contribution >= 0.6 is 0 Å². The summed E-state index contributed by atoms with van der Waals surface area (Å²) in [7, 11) is 0. The number of fused-ring (bicyclic) bond motifs is 3. The minimum atomic E-state index is -0.420. The lowest BCUT2D eigenvalue weighted by molar-refractivity contribution is 0.748. The molecule has 1 aliphatic carbocycles. The number of rotatable bonds is 4. The third-order valence-electron chi connectivity index (χ3n) is 7.74. The fourth-order valence-corrected chi connectivity index (χ4v) is 6.27. The van der Waals surface area contributed by atoms with E-state index in [4.69, 9.17) is 11.5 Å². The molecule has 0 unspecified atom stereocenters. The number of hydrogen-bond donors (Lipinski definition) is 2. The zero-order valence-corrected chi connectivity index (χ0v) is 20.0. The highest BCUT2D eigenvalue weighted by Gasteiger charge is 2.47. The van der Waals surface area contributed by atoms with E-state index in [2.05, 4.69) is 100 Å². The average Bonchev–Trinajstić information content (AvgIpc) is 3.11. The number of nitrogens with two attached hydrogens (primary N) is 2. The van der Waals surface area contributed by atoms with Gasteiger partial charge in [-0.3, -0.25) is 0 Å². The summed E-state index contributed by atoms with van der Waals surface area (Å²) < 4.78 is 0. The van der Waals surface area contributed by atoms with Crippen LogP contribution in [0.1, 0.15) is 58.4 Å². The lowest BCUT2D eigenvalue weighted by Gasteiger charge is -2.37. The first-order valence-electron chi connectivity index (χ1n) is 11.9. The second-order valence-corrected chi connectivity index (χ2v) is 9.16. The number of hydrogen-bond acceptors (Lipinski definition) is 2. The molecule has 0 saturated carbocycles. The molecule has 0 amide bonds. The number of benzene rings is 4. The fraction of sp³-hybridized carbons (Fsp3) is 0.226. The van der Waals surface area contributed by atoms with E-state index in [1.165, 1.54) is 55.6 Å². The maximum Gasteiger partial charge on any atom is 0.0718 e. The van der Waals surface area contributed by atoms with Crippen LogP contribution in [-0.4, -0.2) is 0 Å². The topological polar surface area (TPSA) is 52.0 Å². The predicted molar refractivity (Wildman–Crippen MR) is 141 cm³/mol. The predicted octanol–water partition coefficient (Wildman–Crippen LogP) is 6.96. The Morgan fingerprint density at radius 2 is 0.939 bits per heavy atom. The van der Waals surface area contributed by atoms with Crippen molar-refractivity contribution in [1.82, 2.24) is 0 Å². The van der Waals surface area contributed by atoms with Gasteiger partial charge in [-0.2, -0.15) is 0 Å². The van der Waals surface area contributed by atoms with E-state index in [1.807, 2.05) is 0 Å². The molecule has 2 nitrogen and oxygen atoms in total. The highest BCUT2D eigenvalue weighted by Crippen LogP contribution is 2.58. The largest absolute Gasteiger partial charge is 0.398 e. The molecule has 0 radical (unpaired) electrons. The molecular weight excluding hydrogens is 400 g/mol. The van der Waals surface area contributed by atoms with Crippen LogP contribution in [0.25, 0.3) is 11.1 Å². The Kier molecular flexibility index (Phi) is 5.05. The summed E-state index contributed by atoms with van der Waals surface area (Å²) in [6.07, 6.45) is 1.82. The smallest absolute Gasteiger partial charge is 0.0718 e. The second kappa shape index (κ2) is 7.81. The highest BCUT2D eigenvalue weighted by atomic mass is 14.6. The van der Waals surface area contributed by atoms with E-state index in [1.54, 1.807) is 0 Å². The Morgan fingerprint density at radius 1 is 0.545 bits per heavy atom. The Morgan fingerprint density at radius 3 is 1.33 bits per heavy atom. The molecule has 0 bridgehead atoms. The minimum absolute atomic E-state index is 0.420. The Labute approximate surface area is 197 Å². The molecule has 0 saturated heterocycles. The van der Waals surface area contributed by atoms with Crippen molar-refractivity contribution >= 4 is 11.4 Å². The molecule has 0 heterocycles. The molecule has 5 rings (SSSR count). The molecule has 4 N–H and O–H groups in total. The van der Waals surface area contributed by atoms with E-state index in [0.717, 1.165) is 24.2 Å². The monoisotopic (exact) mass is 432 g/mol.